The lowest BCUT2D eigenvalue weighted by Gasteiger charge is -2.33. The molecule has 0 aromatic heterocycles. The molecule has 0 aliphatic carbocycles. The van der Waals surface area contributed by atoms with Crippen LogP contribution >= 0.6 is 0 Å². The van der Waals surface area contributed by atoms with E-state index in [1.165, 1.54) is 31.3 Å². The van der Waals surface area contributed by atoms with E-state index in [1.54, 1.807) is 0 Å². The second kappa shape index (κ2) is 21.2. The zero-order valence-electron chi connectivity index (χ0n) is 17.4. The van der Waals surface area contributed by atoms with Gasteiger partial charge in [0.2, 0.25) is 0 Å². The van der Waals surface area contributed by atoms with Crippen LogP contribution in [0.25, 0.3) is 0 Å². The summed E-state index contributed by atoms with van der Waals surface area (Å²) < 4.78 is 5.68. The van der Waals surface area contributed by atoms with Crippen LogP contribution in [0, 0.1) is 11.8 Å². The fourth-order valence-corrected chi connectivity index (χ4v) is 2.79. The van der Waals surface area contributed by atoms with Gasteiger partial charge in [-0.05, 0) is 44.4 Å². The number of rotatable bonds is 8. The van der Waals surface area contributed by atoms with Gasteiger partial charge in [0.25, 0.3) is 0 Å². The van der Waals surface area contributed by atoms with Gasteiger partial charge in [0.15, 0.2) is 0 Å². The molecule has 25 heavy (non-hydrogen) atoms. The van der Waals surface area contributed by atoms with Gasteiger partial charge in [-0.1, -0.05) is 91.7 Å². The Morgan fingerprint density at radius 1 is 1.12 bits per heavy atom. The molecule has 150 valence electrons. The normalized spacial score (nSPS) is 21.9. The van der Waals surface area contributed by atoms with Gasteiger partial charge in [-0.25, -0.2) is 0 Å². The lowest BCUT2D eigenvalue weighted by molar-refractivity contribution is -0.0475. The van der Waals surface area contributed by atoms with E-state index in [0.29, 0.717) is 6.10 Å². The Balaban J connectivity index is -0.000000340. The second-order valence-corrected chi connectivity index (χ2v) is 6.42. The van der Waals surface area contributed by atoms with E-state index in [2.05, 4.69) is 53.0 Å². The van der Waals surface area contributed by atoms with Gasteiger partial charge in [0.05, 0.1) is 6.10 Å². The van der Waals surface area contributed by atoms with Crippen LogP contribution in [0.4, 0.5) is 0 Å². The van der Waals surface area contributed by atoms with Crippen LogP contribution in [-0.2, 0) is 4.74 Å². The maximum absolute atomic E-state index is 5.68. The van der Waals surface area contributed by atoms with E-state index in [0.717, 1.165) is 37.7 Å². The first kappa shape index (κ1) is 29.0. The largest absolute Gasteiger partial charge is 0.378 e. The van der Waals surface area contributed by atoms with Gasteiger partial charge < -0.3 is 4.74 Å². The van der Waals surface area contributed by atoms with Crippen molar-refractivity contribution in [3.05, 3.63) is 37.0 Å². The topological polar surface area (TPSA) is 9.23 Å². The molecule has 1 aliphatic heterocycles. The summed E-state index contributed by atoms with van der Waals surface area (Å²) in [5.41, 5.74) is 1.33. The summed E-state index contributed by atoms with van der Waals surface area (Å²) in [5, 5.41) is 0. The second-order valence-electron chi connectivity index (χ2n) is 6.42. The molecule has 0 bridgehead atoms. The standard InChI is InChI=1S/C11H18.C10H20O.C2H6.CH4/c1-4-6-7-8-10-11(3)9-5-2;1-4-9-6-10(5-2)8(3)11-7-9;1-2;/h4,7-8H,1,3,5-6,9-10H2,2H3;8-10H,4-7H2,1-3H3;1-2H3;1H4/b8-7-;;;. The van der Waals surface area contributed by atoms with Crippen LogP contribution in [0.2, 0.25) is 0 Å². The highest BCUT2D eigenvalue weighted by molar-refractivity contribution is 5.02. The van der Waals surface area contributed by atoms with Crippen molar-refractivity contribution in [2.24, 2.45) is 11.8 Å². The Morgan fingerprint density at radius 2 is 1.76 bits per heavy atom. The quantitative estimate of drug-likeness (QED) is 0.398. The van der Waals surface area contributed by atoms with Crippen LogP contribution in [0.1, 0.15) is 93.9 Å². The predicted octanol–water partition coefficient (Wildman–Crippen LogP) is 8.38. The molecule has 1 heterocycles. The van der Waals surface area contributed by atoms with Crippen molar-refractivity contribution in [2.45, 2.75) is 100 Å². The summed E-state index contributed by atoms with van der Waals surface area (Å²) >= 11 is 0. The van der Waals surface area contributed by atoms with Gasteiger partial charge in [-0.2, -0.15) is 0 Å². The smallest absolute Gasteiger partial charge is 0.0575 e. The molecule has 0 saturated carbocycles. The molecule has 0 aromatic carbocycles. The molecular weight excluding hydrogens is 304 g/mol. The van der Waals surface area contributed by atoms with E-state index < -0.39 is 0 Å². The molecule has 1 heteroatoms. The molecule has 1 rings (SSSR count). The highest BCUT2D eigenvalue weighted by Gasteiger charge is 2.25. The zero-order chi connectivity index (χ0) is 18.8. The van der Waals surface area contributed by atoms with E-state index in [4.69, 9.17) is 4.74 Å². The van der Waals surface area contributed by atoms with Crippen molar-refractivity contribution in [1.29, 1.82) is 0 Å². The summed E-state index contributed by atoms with van der Waals surface area (Å²) in [5.74, 6) is 1.64. The van der Waals surface area contributed by atoms with E-state index in [1.807, 2.05) is 19.9 Å². The zero-order valence-corrected chi connectivity index (χ0v) is 17.4. The fourth-order valence-electron chi connectivity index (χ4n) is 2.79. The van der Waals surface area contributed by atoms with E-state index in [9.17, 15) is 0 Å². The summed E-state index contributed by atoms with van der Waals surface area (Å²) in [6, 6.07) is 0. The number of hydrogen-bond donors (Lipinski definition) is 0. The molecule has 1 saturated heterocycles. The van der Waals surface area contributed by atoms with Gasteiger partial charge in [0, 0.05) is 6.61 Å². The minimum Gasteiger partial charge on any atom is -0.378 e. The molecule has 1 aliphatic rings. The summed E-state index contributed by atoms with van der Waals surface area (Å²) in [6.07, 6.45) is 15.0. The first-order valence-corrected chi connectivity index (χ1v) is 10.1. The van der Waals surface area contributed by atoms with Gasteiger partial charge >= 0.3 is 0 Å². The Kier molecular flexibility index (Phi) is 24.6. The molecule has 1 nitrogen and oxygen atoms in total. The van der Waals surface area contributed by atoms with Crippen molar-refractivity contribution in [1.82, 2.24) is 0 Å². The van der Waals surface area contributed by atoms with Crippen molar-refractivity contribution < 1.29 is 4.74 Å². The van der Waals surface area contributed by atoms with Crippen LogP contribution < -0.4 is 0 Å². The molecule has 0 amide bonds. The fraction of sp³-hybridized carbons (Fsp3) is 0.750. The monoisotopic (exact) mass is 352 g/mol. The third kappa shape index (κ3) is 16.4. The molecule has 0 aromatic rings. The van der Waals surface area contributed by atoms with Crippen molar-refractivity contribution in [2.75, 3.05) is 6.61 Å². The molecule has 0 N–H and O–H groups in total. The molecule has 1 fully saturated rings. The maximum atomic E-state index is 5.68. The number of hydrogen-bond acceptors (Lipinski definition) is 1. The molecule has 3 unspecified atom stereocenters. The van der Waals surface area contributed by atoms with Crippen LogP contribution in [0.5, 0.6) is 0 Å². The lowest BCUT2D eigenvalue weighted by atomic mass is 9.85. The van der Waals surface area contributed by atoms with Crippen LogP contribution in [0.3, 0.4) is 0 Å². The van der Waals surface area contributed by atoms with Gasteiger partial charge in [0.1, 0.15) is 0 Å². The summed E-state index contributed by atoms with van der Waals surface area (Å²) in [7, 11) is 0. The number of allylic oxidation sites excluding steroid dienone is 4. The van der Waals surface area contributed by atoms with E-state index >= 15 is 0 Å². The lowest BCUT2D eigenvalue weighted by Crippen LogP contribution is -2.31. The van der Waals surface area contributed by atoms with Crippen molar-refractivity contribution in [3.63, 3.8) is 0 Å². The minimum absolute atomic E-state index is 0. The SMILES string of the molecule is C.C=CC/C=C\CC(=C)CCC.CC.CCC1COC(C)C(CC)C1. The van der Waals surface area contributed by atoms with Crippen LogP contribution in [0.15, 0.2) is 37.0 Å². The molecule has 3 atom stereocenters. The highest BCUT2D eigenvalue weighted by atomic mass is 16.5. The Hall–Kier alpha value is -0.820. The first-order chi connectivity index (χ1) is 11.6. The van der Waals surface area contributed by atoms with Crippen molar-refractivity contribution >= 4 is 0 Å². The maximum Gasteiger partial charge on any atom is 0.0575 e. The summed E-state index contributed by atoms with van der Waals surface area (Å²) in [6.45, 7) is 21.5. The minimum atomic E-state index is 0. The Morgan fingerprint density at radius 3 is 2.24 bits per heavy atom. The predicted molar refractivity (Wildman–Crippen MR) is 118 cm³/mol. The van der Waals surface area contributed by atoms with Crippen LogP contribution in [-0.4, -0.2) is 12.7 Å². The first-order valence-electron chi connectivity index (χ1n) is 10.1. The van der Waals surface area contributed by atoms with Crippen molar-refractivity contribution in [3.8, 4) is 0 Å². The van der Waals surface area contributed by atoms with E-state index in [-0.39, 0.29) is 7.43 Å². The third-order valence-electron chi connectivity index (χ3n) is 4.48. The molecule has 0 radical (unpaired) electrons. The van der Waals surface area contributed by atoms with Gasteiger partial charge in [-0.3, -0.25) is 0 Å². The highest BCUT2D eigenvalue weighted by Crippen LogP contribution is 2.28. The third-order valence-corrected chi connectivity index (χ3v) is 4.48. The molecular formula is C24H48O. The number of ether oxygens (including phenoxy) is 1. The Bertz CT molecular complexity index is 316. The average molecular weight is 353 g/mol. The van der Waals surface area contributed by atoms with Gasteiger partial charge in [-0.15, -0.1) is 6.58 Å². The Labute approximate surface area is 160 Å². The average Bonchev–Trinajstić information content (AvgIpc) is 2.62. The molecule has 0 spiro atoms. The summed E-state index contributed by atoms with van der Waals surface area (Å²) in [4.78, 5) is 0.